The SMILES string of the molecule is C1=CCN(C2CCN(c3ccc(-c4cscn4)cc3)CC2)CC1. The van der Waals surface area contributed by atoms with E-state index in [1.54, 1.807) is 11.3 Å². The van der Waals surface area contributed by atoms with Crippen molar-refractivity contribution in [1.82, 2.24) is 9.88 Å². The molecule has 3 nitrogen and oxygen atoms in total. The van der Waals surface area contributed by atoms with Gasteiger partial charge in [0.25, 0.3) is 0 Å². The van der Waals surface area contributed by atoms with Crippen LogP contribution in [0.4, 0.5) is 5.69 Å². The maximum Gasteiger partial charge on any atom is 0.0811 e. The molecule has 23 heavy (non-hydrogen) atoms. The average molecular weight is 325 g/mol. The number of hydrogen-bond acceptors (Lipinski definition) is 4. The smallest absolute Gasteiger partial charge is 0.0811 e. The Kier molecular flexibility index (Phi) is 4.44. The standard InChI is InChI=1S/C19H23N3S/c1-2-10-21(11-3-1)18-8-12-22(13-9-18)17-6-4-16(5-7-17)19-14-23-15-20-19/h1-2,4-7,14-15,18H,3,8-13H2. The van der Waals surface area contributed by atoms with Gasteiger partial charge in [0.05, 0.1) is 11.2 Å². The Balaban J connectivity index is 1.37. The van der Waals surface area contributed by atoms with E-state index in [1.807, 2.05) is 5.51 Å². The molecule has 0 N–H and O–H groups in total. The van der Waals surface area contributed by atoms with Gasteiger partial charge in [-0.15, -0.1) is 11.3 Å². The topological polar surface area (TPSA) is 19.4 Å². The lowest BCUT2D eigenvalue weighted by Crippen LogP contribution is -2.46. The van der Waals surface area contributed by atoms with Crippen LogP contribution in [0, 0.1) is 0 Å². The molecule has 0 amide bonds. The monoisotopic (exact) mass is 325 g/mol. The van der Waals surface area contributed by atoms with Crippen molar-refractivity contribution in [2.45, 2.75) is 25.3 Å². The summed E-state index contributed by atoms with van der Waals surface area (Å²) in [6.45, 7) is 4.72. The van der Waals surface area contributed by atoms with E-state index >= 15 is 0 Å². The largest absolute Gasteiger partial charge is 0.371 e. The molecule has 4 rings (SSSR count). The first-order valence-corrected chi connectivity index (χ1v) is 9.47. The van der Waals surface area contributed by atoms with Gasteiger partial charge in [-0.05, 0) is 31.4 Å². The van der Waals surface area contributed by atoms with Crippen molar-refractivity contribution >= 4 is 17.0 Å². The average Bonchev–Trinajstić information content (AvgIpc) is 3.18. The molecule has 0 saturated carbocycles. The number of benzene rings is 1. The predicted octanol–water partition coefficient (Wildman–Crippen LogP) is 4.04. The molecule has 0 spiro atoms. The quantitative estimate of drug-likeness (QED) is 0.794. The number of piperidine rings is 1. The zero-order valence-corrected chi connectivity index (χ0v) is 14.2. The Bertz CT molecular complexity index is 640. The summed E-state index contributed by atoms with van der Waals surface area (Å²) in [6, 6.07) is 9.67. The van der Waals surface area contributed by atoms with Crippen LogP contribution in [0.3, 0.4) is 0 Å². The van der Waals surface area contributed by atoms with Crippen LogP contribution in [0.25, 0.3) is 11.3 Å². The fourth-order valence-electron chi connectivity index (χ4n) is 3.68. The number of anilines is 1. The van der Waals surface area contributed by atoms with Gasteiger partial charge >= 0.3 is 0 Å². The molecule has 1 aromatic heterocycles. The lowest BCUT2D eigenvalue weighted by Gasteiger charge is -2.40. The third-order valence-corrected chi connectivity index (χ3v) is 5.62. The molecular formula is C19H23N3S. The molecule has 2 aliphatic heterocycles. The van der Waals surface area contributed by atoms with E-state index in [9.17, 15) is 0 Å². The third kappa shape index (κ3) is 3.33. The van der Waals surface area contributed by atoms with E-state index in [2.05, 4.69) is 56.6 Å². The minimum Gasteiger partial charge on any atom is -0.371 e. The van der Waals surface area contributed by atoms with Gasteiger partial charge in [0.2, 0.25) is 0 Å². The summed E-state index contributed by atoms with van der Waals surface area (Å²) in [5.74, 6) is 0. The second-order valence-corrected chi connectivity index (χ2v) is 7.11. The van der Waals surface area contributed by atoms with Crippen molar-refractivity contribution in [3.05, 3.63) is 47.3 Å². The summed E-state index contributed by atoms with van der Waals surface area (Å²) >= 11 is 1.65. The van der Waals surface area contributed by atoms with E-state index in [-0.39, 0.29) is 0 Å². The van der Waals surface area contributed by atoms with Crippen LogP contribution in [-0.4, -0.2) is 42.1 Å². The second-order valence-electron chi connectivity index (χ2n) is 6.39. The van der Waals surface area contributed by atoms with Crippen LogP contribution in [0.15, 0.2) is 47.3 Å². The minimum atomic E-state index is 0.769. The first-order valence-electron chi connectivity index (χ1n) is 8.53. The van der Waals surface area contributed by atoms with Gasteiger partial charge in [0.15, 0.2) is 0 Å². The minimum absolute atomic E-state index is 0.769. The van der Waals surface area contributed by atoms with Crippen molar-refractivity contribution in [3.8, 4) is 11.3 Å². The van der Waals surface area contributed by atoms with Gasteiger partial charge < -0.3 is 4.90 Å². The van der Waals surface area contributed by atoms with Crippen molar-refractivity contribution in [2.75, 3.05) is 31.1 Å². The summed E-state index contributed by atoms with van der Waals surface area (Å²) in [6.07, 6.45) is 8.42. The number of rotatable bonds is 3. The van der Waals surface area contributed by atoms with Gasteiger partial charge in [-0.25, -0.2) is 4.98 Å². The summed E-state index contributed by atoms with van der Waals surface area (Å²) < 4.78 is 0. The Morgan fingerprint density at radius 3 is 2.48 bits per heavy atom. The van der Waals surface area contributed by atoms with Crippen LogP contribution in [0.5, 0.6) is 0 Å². The fourth-order valence-corrected chi connectivity index (χ4v) is 4.24. The Hall–Kier alpha value is -1.65. The van der Waals surface area contributed by atoms with Crippen LogP contribution in [0.1, 0.15) is 19.3 Å². The molecule has 0 atom stereocenters. The zero-order valence-electron chi connectivity index (χ0n) is 13.4. The van der Waals surface area contributed by atoms with Gasteiger partial charge in [-0.1, -0.05) is 24.3 Å². The number of thiazole rings is 1. The molecule has 3 heterocycles. The molecule has 0 unspecified atom stereocenters. The van der Waals surface area contributed by atoms with E-state index in [0.29, 0.717) is 0 Å². The molecule has 0 radical (unpaired) electrons. The molecule has 2 aromatic rings. The molecule has 1 saturated heterocycles. The Morgan fingerprint density at radius 2 is 1.83 bits per heavy atom. The lowest BCUT2D eigenvalue weighted by molar-refractivity contribution is 0.184. The number of hydrogen-bond donors (Lipinski definition) is 0. The number of aromatic nitrogens is 1. The van der Waals surface area contributed by atoms with E-state index in [4.69, 9.17) is 0 Å². The normalized spacial score (nSPS) is 20.1. The molecule has 120 valence electrons. The second kappa shape index (κ2) is 6.85. The highest BCUT2D eigenvalue weighted by molar-refractivity contribution is 7.07. The highest BCUT2D eigenvalue weighted by Crippen LogP contribution is 2.26. The van der Waals surface area contributed by atoms with Gasteiger partial charge in [0, 0.05) is 48.9 Å². The molecule has 4 heteroatoms. The van der Waals surface area contributed by atoms with E-state index < -0.39 is 0 Å². The van der Waals surface area contributed by atoms with Crippen molar-refractivity contribution < 1.29 is 0 Å². The third-order valence-electron chi connectivity index (χ3n) is 5.03. The molecule has 1 aromatic carbocycles. The fraction of sp³-hybridized carbons (Fsp3) is 0.421. The van der Waals surface area contributed by atoms with Crippen LogP contribution >= 0.6 is 11.3 Å². The summed E-state index contributed by atoms with van der Waals surface area (Å²) in [7, 11) is 0. The zero-order chi connectivity index (χ0) is 15.5. The van der Waals surface area contributed by atoms with Crippen LogP contribution < -0.4 is 4.90 Å². The lowest BCUT2D eigenvalue weighted by atomic mass is 10.0. The van der Waals surface area contributed by atoms with E-state index in [1.165, 1.54) is 50.1 Å². The first kappa shape index (κ1) is 14.9. The molecule has 0 aliphatic carbocycles. The van der Waals surface area contributed by atoms with Gasteiger partial charge in [0.1, 0.15) is 0 Å². The molecule has 1 fully saturated rings. The van der Waals surface area contributed by atoms with Crippen molar-refractivity contribution in [3.63, 3.8) is 0 Å². The van der Waals surface area contributed by atoms with Crippen LogP contribution in [-0.2, 0) is 0 Å². The maximum absolute atomic E-state index is 4.38. The summed E-state index contributed by atoms with van der Waals surface area (Å²) in [5, 5.41) is 2.10. The van der Waals surface area contributed by atoms with Crippen molar-refractivity contribution in [1.29, 1.82) is 0 Å². The Labute approximate surface area is 142 Å². The summed E-state index contributed by atoms with van der Waals surface area (Å²) in [4.78, 5) is 9.57. The van der Waals surface area contributed by atoms with Crippen LogP contribution in [0.2, 0.25) is 0 Å². The van der Waals surface area contributed by atoms with Crippen molar-refractivity contribution in [2.24, 2.45) is 0 Å². The van der Waals surface area contributed by atoms with Gasteiger partial charge in [-0.2, -0.15) is 0 Å². The number of nitrogens with zero attached hydrogens (tertiary/aromatic N) is 3. The maximum atomic E-state index is 4.38. The highest BCUT2D eigenvalue weighted by Gasteiger charge is 2.24. The summed E-state index contributed by atoms with van der Waals surface area (Å²) in [5.41, 5.74) is 5.54. The molecule has 0 bridgehead atoms. The Morgan fingerprint density at radius 1 is 1.00 bits per heavy atom. The predicted molar refractivity (Wildman–Crippen MR) is 98.1 cm³/mol. The van der Waals surface area contributed by atoms with Gasteiger partial charge in [-0.3, -0.25) is 4.90 Å². The van der Waals surface area contributed by atoms with E-state index in [0.717, 1.165) is 18.3 Å². The molecular weight excluding hydrogens is 302 g/mol. The molecule has 2 aliphatic rings. The highest BCUT2D eigenvalue weighted by atomic mass is 32.1. The first-order chi connectivity index (χ1) is 11.4.